The van der Waals surface area contributed by atoms with Crippen molar-refractivity contribution in [1.82, 2.24) is 5.32 Å². The highest BCUT2D eigenvalue weighted by molar-refractivity contribution is 5.81. The van der Waals surface area contributed by atoms with E-state index < -0.39 is 6.04 Å². The number of hydrogen-bond donors (Lipinski definition) is 2. The number of nitrogens with two attached hydrogens (primary N) is 1. The van der Waals surface area contributed by atoms with Crippen LogP contribution in [0.4, 0.5) is 0 Å². The summed E-state index contributed by atoms with van der Waals surface area (Å²) >= 11 is 0. The SMILES string of the molecule is CCC[C@@H](C)NC(=O)[C@@H](C)N. The molecule has 3 heteroatoms. The van der Waals surface area contributed by atoms with Crippen LogP contribution in [0.2, 0.25) is 0 Å². The van der Waals surface area contributed by atoms with Crippen molar-refractivity contribution < 1.29 is 4.79 Å². The van der Waals surface area contributed by atoms with E-state index in [2.05, 4.69) is 12.2 Å². The summed E-state index contributed by atoms with van der Waals surface area (Å²) in [6, 6.07) is -0.146. The first-order chi connectivity index (χ1) is 5.07. The second-order valence-electron chi connectivity index (χ2n) is 2.99. The van der Waals surface area contributed by atoms with Gasteiger partial charge in [0.05, 0.1) is 6.04 Å². The van der Waals surface area contributed by atoms with Gasteiger partial charge in [0.2, 0.25) is 5.91 Å². The molecule has 66 valence electrons. The Balaban J connectivity index is 3.57. The number of nitrogens with one attached hydrogen (secondary N) is 1. The maximum absolute atomic E-state index is 11.0. The quantitative estimate of drug-likeness (QED) is 0.630. The molecule has 0 rings (SSSR count). The molecule has 0 aromatic carbocycles. The van der Waals surface area contributed by atoms with Gasteiger partial charge in [-0.25, -0.2) is 0 Å². The molecule has 0 fully saturated rings. The van der Waals surface area contributed by atoms with Gasteiger partial charge >= 0.3 is 0 Å². The van der Waals surface area contributed by atoms with Gasteiger partial charge in [0, 0.05) is 6.04 Å². The van der Waals surface area contributed by atoms with Crippen molar-refractivity contribution in [3.05, 3.63) is 0 Å². The average Bonchev–Trinajstić information content (AvgIpc) is 1.87. The monoisotopic (exact) mass is 158 g/mol. The Morgan fingerprint density at radius 3 is 2.45 bits per heavy atom. The van der Waals surface area contributed by atoms with E-state index in [4.69, 9.17) is 5.73 Å². The highest BCUT2D eigenvalue weighted by Gasteiger charge is 2.09. The summed E-state index contributed by atoms with van der Waals surface area (Å²) in [7, 11) is 0. The van der Waals surface area contributed by atoms with Crippen molar-refractivity contribution in [2.75, 3.05) is 0 Å². The topological polar surface area (TPSA) is 55.1 Å². The zero-order chi connectivity index (χ0) is 8.85. The number of rotatable bonds is 4. The predicted octanol–water partition coefficient (Wildman–Crippen LogP) is 0.638. The first-order valence-electron chi connectivity index (χ1n) is 4.13. The zero-order valence-corrected chi connectivity index (χ0v) is 7.55. The second kappa shape index (κ2) is 5.13. The van der Waals surface area contributed by atoms with Gasteiger partial charge in [0.1, 0.15) is 0 Å². The van der Waals surface area contributed by atoms with Crippen LogP contribution in [0.1, 0.15) is 33.6 Å². The Labute approximate surface area is 68.3 Å². The first kappa shape index (κ1) is 10.4. The van der Waals surface area contributed by atoms with Crippen molar-refractivity contribution >= 4 is 5.91 Å². The van der Waals surface area contributed by atoms with Crippen molar-refractivity contribution in [3.8, 4) is 0 Å². The average molecular weight is 158 g/mol. The van der Waals surface area contributed by atoms with Crippen LogP contribution in [0.3, 0.4) is 0 Å². The van der Waals surface area contributed by atoms with E-state index in [1.807, 2.05) is 6.92 Å². The molecule has 0 aromatic heterocycles. The minimum absolute atomic E-state index is 0.0639. The summed E-state index contributed by atoms with van der Waals surface area (Å²) in [6.07, 6.45) is 2.10. The molecule has 0 aliphatic heterocycles. The Hall–Kier alpha value is -0.570. The van der Waals surface area contributed by atoms with E-state index in [-0.39, 0.29) is 11.9 Å². The van der Waals surface area contributed by atoms with Crippen LogP contribution < -0.4 is 11.1 Å². The van der Waals surface area contributed by atoms with Crippen molar-refractivity contribution in [2.45, 2.75) is 45.7 Å². The molecule has 0 heterocycles. The fourth-order valence-corrected chi connectivity index (χ4v) is 0.879. The second-order valence-corrected chi connectivity index (χ2v) is 2.99. The third-order valence-corrected chi connectivity index (χ3v) is 1.52. The number of carbonyl (C=O) groups excluding carboxylic acids is 1. The van der Waals surface area contributed by atoms with Crippen molar-refractivity contribution in [3.63, 3.8) is 0 Å². The fourth-order valence-electron chi connectivity index (χ4n) is 0.879. The lowest BCUT2D eigenvalue weighted by Crippen LogP contribution is -2.42. The van der Waals surface area contributed by atoms with Crippen LogP contribution in [0.25, 0.3) is 0 Å². The molecule has 2 atom stereocenters. The lowest BCUT2D eigenvalue weighted by atomic mass is 10.2. The molecule has 3 N–H and O–H groups in total. The van der Waals surface area contributed by atoms with E-state index >= 15 is 0 Å². The minimum atomic E-state index is -0.394. The third kappa shape index (κ3) is 4.79. The highest BCUT2D eigenvalue weighted by atomic mass is 16.2. The largest absolute Gasteiger partial charge is 0.352 e. The molecule has 0 spiro atoms. The molecule has 0 aliphatic carbocycles. The fraction of sp³-hybridized carbons (Fsp3) is 0.875. The summed E-state index contributed by atoms with van der Waals surface area (Å²) in [6.45, 7) is 5.77. The Morgan fingerprint density at radius 1 is 1.55 bits per heavy atom. The van der Waals surface area contributed by atoms with Gasteiger partial charge in [0.15, 0.2) is 0 Å². The molecule has 0 radical (unpaired) electrons. The van der Waals surface area contributed by atoms with Gasteiger partial charge in [-0.1, -0.05) is 13.3 Å². The summed E-state index contributed by atoms with van der Waals surface area (Å²) in [4.78, 5) is 11.0. The molecule has 0 saturated carbocycles. The normalized spacial score (nSPS) is 15.6. The highest BCUT2D eigenvalue weighted by Crippen LogP contribution is 1.94. The van der Waals surface area contributed by atoms with E-state index in [0.29, 0.717) is 0 Å². The summed E-state index contributed by atoms with van der Waals surface area (Å²) in [5, 5.41) is 2.82. The summed E-state index contributed by atoms with van der Waals surface area (Å²) in [5.41, 5.74) is 5.37. The molecule has 3 nitrogen and oxygen atoms in total. The Bertz CT molecular complexity index is 123. The maximum Gasteiger partial charge on any atom is 0.236 e. The first-order valence-corrected chi connectivity index (χ1v) is 4.13. The van der Waals surface area contributed by atoms with Gasteiger partial charge in [0.25, 0.3) is 0 Å². The van der Waals surface area contributed by atoms with Gasteiger partial charge in [-0.05, 0) is 20.3 Å². The lowest BCUT2D eigenvalue weighted by molar-refractivity contribution is -0.122. The van der Waals surface area contributed by atoms with E-state index in [9.17, 15) is 4.79 Å². The molecule has 0 bridgehead atoms. The third-order valence-electron chi connectivity index (χ3n) is 1.52. The van der Waals surface area contributed by atoms with Crippen LogP contribution in [0.15, 0.2) is 0 Å². The molecule has 11 heavy (non-hydrogen) atoms. The van der Waals surface area contributed by atoms with Crippen molar-refractivity contribution in [1.29, 1.82) is 0 Å². The molecule has 0 saturated heterocycles. The van der Waals surface area contributed by atoms with Crippen LogP contribution >= 0.6 is 0 Å². The van der Waals surface area contributed by atoms with Crippen LogP contribution in [0.5, 0.6) is 0 Å². The van der Waals surface area contributed by atoms with Crippen LogP contribution in [0, 0.1) is 0 Å². The van der Waals surface area contributed by atoms with Gasteiger partial charge in [-0.2, -0.15) is 0 Å². The van der Waals surface area contributed by atoms with E-state index in [1.165, 1.54) is 0 Å². The zero-order valence-electron chi connectivity index (χ0n) is 7.55. The molecular weight excluding hydrogens is 140 g/mol. The molecular formula is C8H18N2O. The van der Waals surface area contributed by atoms with Crippen LogP contribution in [-0.4, -0.2) is 18.0 Å². The Morgan fingerprint density at radius 2 is 2.09 bits per heavy atom. The standard InChI is InChI=1S/C8H18N2O/c1-4-5-6(2)10-8(11)7(3)9/h6-7H,4-5,9H2,1-3H3,(H,10,11)/t6-,7-/m1/s1. The molecule has 1 amide bonds. The number of hydrogen-bond acceptors (Lipinski definition) is 2. The molecule has 0 aromatic rings. The van der Waals surface area contributed by atoms with E-state index in [1.54, 1.807) is 6.92 Å². The molecule has 0 unspecified atom stereocenters. The van der Waals surface area contributed by atoms with Gasteiger partial charge < -0.3 is 11.1 Å². The van der Waals surface area contributed by atoms with Crippen molar-refractivity contribution in [2.24, 2.45) is 5.73 Å². The summed E-state index contributed by atoms with van der Waals surface area (Å²) < 4.78 is 0. The number of amides is 1. The predicted molar refractivity (Wildman–Crippen MR) is 46.2 cm³/mol. The number of carbonyl (C=O) groups is 1. The minimum Gasteiger partial charge on any atom is -0.352 e. The maximum atomic E-state index is 11.0. The van der Waals surface area contributed by atoms with Gasteiger partial charge in [-0.3, -0.25) is 4.79 Å². The Kier molecular flexibility index (Phi) is 4.86. The smallest absolute Gasteiger partial charge is 0.236 e. The summed E-state index contributed by atoms with van der Waals surface area (Å²) in [5.74, 6) is -0.0639. The van der Waals surface area contributed by atoms with Crippen LogP contribution in [-0.2, 0) is 4.79 Å². The lowest BCUT2D eigenvalue weighted by Gasteiger charge is -2.14. The van der Waals surface area contributed by atoms with E-state index in [0.717, 1.165) is 12.8 Å². The van der Waals surface area contributed by atoms with Gasteiger partial charge in [-0.15, -0.1) is 0 Å². The molecule has 0 aliphatic rings.